The van der Waals surface area contributed by atoms with Crippen molar-refractivity contribution < 1.29 is 0 Å². The van der Waals surface area contributed by atoms with Crippen LogP contribution >= 0.6 is 0 Å². The summed E-state index contributed by atoms with van der Waals surface area (Å²) in [4.78, 5) is 11.5. The van der Waals surface area contributed by atoms with Crippen LogP contribution in [-0.2, 0) is 0 Å². The van der Waals surface area contributed by atoms with Crippen LogP contribution in [0, 0.1) is 6.92 Å². The zero-order chi connectivity index (χ0) is 17.2. The number of hydrogen-bond acceptors (Lipinski definition) is 4. The first kappa shape index (κ1) is 16.0. The Balaban J connectivity index is 1.54. The van der Waals surface area contributed by atoms with Crippen molar-refractivity contribution in [2.24, 2.45) is 0 Å². The van der Waals surface area contributed by atoms with Crippen LogP contribution in [0.2, 0.25) is 0 Å². The summed E-state index contributed by atoms with van der Waals surface area (Å²) in [7, 11) is 2.20. The number of likely N-dealkylation sites (tertiary alicyclic amines) is 1. The molecule has 1 saturated heterocycles. The minimum Gasteiger partial charge on any atom is -0.324 e. The topological polar surface area (TPSA) is 41.1 Å². The molecule has 4 rings (SSSR count). The Morgan fingerprint density at radius 1 is 1.08 bits per heavy atom. The van der Waals surface area contributed by atoms with Crippen molar-refractivity contribution >= 4 is 22.5 Å². The largest absolute Gasteiger partial charge is 0.324 e. The van der Waals surface area contributed by atoms with Crippen molar-refractivity contribution in [3.8, 4) is 0 Å². The maximum Gasteiger partial charge on any atom is 0.227 e. The van der Waals surface area contributed by atoms with E-state index in [0.29, 0.717) is 11.9 Å². The molecule has 25 heavy (non-hydrogen) atoms. The highest BCUT2D eigenvalue weighted by atomic mass is 15.1. The number of piperidine rings is 1. The number of anilines is 2. The monoisotopic (exact) mass is 332 g/mol. The van der Waals surface area contributed by atoms with E-state index in [1.807, 2.05) is 12.3 Å². The van der Waals surface area contributed by atoms with Crippen LogP contribution in [0.4, 0.5) is 11.6 Å². The van der Waals surface area contributed by atoms with Crippen LogP contribution in [-0.4, -0.2) is 35.0 Å². The fourth-order valence-corrected chi connectivity index (χ4v) is 3.55. The van der Waals surface area contributed by atoms with E-state index in [-0.39, 0.29) is 0 Å². The molecule has 0 bridgehead atoms. The third kappa shape index (κ3) is 3.64. The first-order valence-corrected chi connectivity index (χ1v) is 8.96. The summed E-state index contributed by atoms with van der Waals surface area (Å²) < 4.78 is 0. The maximum atomic E-state index is 4.63. The molecule has 0 radical (unpaired) electrons. The van der Waals surface area contributed by atoms with Gasteiger partial charge in [-0.3, -0.25) is 0 Å². The van der Waals surface area contributed by atoms with Crippen molar-refractivity contribution in [3.05, 3.63) is 59.8 Å². The molecule has 1 aliphatic rings. The molecule has 4 heteroatoms. The van der Waals surface area contributed by atoms with Crippen molar-refractivity contribution in [1.29, 1.82) is 0 Å². The number of aromatic nitrogens is 2. The van der Waals surface area contributed by atoms with E-state index in [2.05, 4.69) is 70.6 Å². The molecule has 0 saturated carbocycles. The number of fused-ring (bicyclic) bond motifs is 1. The van der Waals surface area contributed by atoms with Crippen LogP contribution in [0.1, 0.15) is 29.9 Å². The normalized spacial score (nSPS) is 16.2. The molecule has 0 spiro atoms. The lowest BCUT2D eigenvalue weighted by atomic mass is 9.89. The molecule has 128 valence electrons. The molecule has 1 N–H and O–H groups in total. The average Bonchev–Trinajstić information content (AvgIpc) is 2.63. The predicted octanol–water partition coefficient (Wildman–Crippen LogP) is 4.49. The average molecular weight is 332 g/mol. The number of aryl methyl sites for hydroxylation is 1. The Morgan fingerprint density at radius 3 is 2.76 bits per heavy atom. The zero-order valence-electron chi connectivity index (χ0n) is 14.9. The summed E-state index contributed by atoms with van der Waals surface area (Å²) in [5.74, 6) is 1.30. The summed E-state index contributed by atoms with van der Waals surface area (Å²) in [5.41, 5.74) is 4.66. The zero-order valence-corrected chi connectivity index (χ0v) is 14.9. The quantitative estimate of drug-likeness (QED) is 0.767. The number of rotatable bonds is 3. The molecule has 2 aromatic carbocycles. The molecular formula is C21H24N4. The van der Waals surface area contributed by atoms with Crippen LogP contribution in [0.15, 0.2) is 48.7 Å². The molecule has 0 atom stereocenters. The number of benzene rings is 2. The van der Waals surface area contributed by atoms with Gasteiger partial charge in [-0.15, -0.1) is 0 Å². The molecule has 1 aromatic heterocycles. The highest BCUT2D eigenvalue weighted by molar-refractivity contribution is 5.79. The third-order valence-corrected chi connectivity index (χ3v) is 5.07. The van der Waals surface area contributed by atoms with E-state index < -0.39 is 0 Å². The van der Waals surface area contributed by atoms with Gasteiger partial charge in [0.05, 0.1) is 5.52 Å². The van der Waals surface area contributed by atoms with Gasteiger partial charge in [0, 0.05) is 17.3 Å². The van der Waals surface area contributed by atoms with Gasteiger partial charge in [-0.2, -0.15) is 0 Å². The van der Waals surface area contributed by atoms with Crippen molar-refractivity contribution in [2.75, 3.05) is 25.5 Å². The van der Waals surface area contributed by atoms with E-state index in [1.165, 1.54) is 37.1 Å². The summed E-state index contributed by atoms with van der Waals surface area (Å²) in [5, 5.41) is 4.44. The fourth-order valence-electron chi connectivity index (χ4n) is 3.55. The SMILES string of the molecule is Cc1ccc2nc(Nc3cccc(C4CCN(C)CC4)c3)ncc2c1. The standard InChI is InChI=1S/C21H24N4/c1-15-6-7-20-18(12-15)14-22-21(24-20)23-19-5-3-4-17(13-19)16-8-10-25(2)11-9-16/h3-7,12-14,16H,8-11H2,1-2H3,(H,22,23,24). The van der Waals surface area contributed by atoms with Crippen molar-refractivity contribution in [3.63, 3.8) is 0 Å². The summed E-state index contributed by atoms with van der Waals surface area (Å²) in [6.07, 6.45) is 4.34. The van der Waals surface area contributed by atoms with Crippen LogP contribution in [0.3, 0.4) is 0 Å². The molecule has 4 nitrogen and oxygen atoms in total. The summed E-state index contributed by atoms with van der Waals surface area (Å²) in [6.45, 7) is 4.44. The Labute approximate surface area is 148 Å². The lowest BCUT2D eigenvalue weighted by Crippen LogP contribution is -2.29. The smallest absolute Gasteiger partial charge is 0.227 e. The molecule has 1 fully saturated rings. The lowest BCUT2D eigenvalue weighted by molar-refractivity contribution is 0.255. The second-order valence-electron chi connectivity index (χ2n) is 7.08. The molecule has 0 aliphatic carbocycles. The van der Waals surface area contributed by atoms with Gasteiger partial charge in [0.1, 0.15) is 0 Å². The highest BCUT2D eigenvalue weighted by Gasteiger charge is 2.18. The van der Waals surface area contributed by atoms with Crippen LogP contribution in [0.5, 0.6) is 0 Å². The summed E-state index contributed by atoms with van der Waals surface area (Å²) in [6, 6.07) is 14.9. The van der Waals surface area contributed by atoms with Gasteiger partial charge in [-0.25, -0.2) is 9.97 Å². The number of hydrogen-bond donors (Lipinski definition) is 1. The molecule has 1 aliphatic heterocycles. The Hall–Kier alpha value is -2.46. The predicted molar refractivity (Wildman–Crippen MR) is 103 cm³/mol. The third-order valence-electron chi connectivity index (χ3n) is 5.07. The van der Waals surface area contributed by atoms with Crippen LogP contribution < -0.4 is 5.32 Å². The minimum absolute atomic E-state index is 0.650. The molecule has 0 unspecified atom stereocenters. The van der Waals surface area contributed by atoms with Crippen molar-refractivity contribution in [1.82, 2.24) is 14.9 Å². The Kier molecular flexibility index (Phi) is 4.36. The van der Waals surface area contributed by atoms with Gasteiger partial charge in [-0.1, -0.05) is 23.8 Å². The maximum absolute atomic E-state index is 4.63. The second-order valence-corrected chi connectivity index (χ2v) is 7.08. The second kappa shape index (κ2) is 6.81. The van der Waals surface area contributed by atoms with Gasteiger partial charge in [-0.05, 0) is 75.6 Å². The first-order chi connectivity index (χ1) is 12.2. The van der Waals surface area contributed by atoms with E-state index in [0.717, 1.165) is 16.6 Å². The lowest BCUT2D eigenvalue weighted by Gasteiger charge is -2.29. The van der Waals surface area contributed by atoms with Gasteiger partial charge in [0.15, 0.2) is 0 Å². The molecular weight excluding hydrogens is 308 g/mol. The number of nitrogens with one attached hydrogen (secondary N) is 1. The van der Waals surface area contributed by atoms with E-state index in [1.54, 1.807) is 0 Å². The van der Waals surface area contributed by atoms with E-state index in [4.69, 9.17) is 0 Å². The molecule has 2 heterocycles. The van der Waals surface area contributed by atoms with Gasteiger partial charge in [0.25, 0.3) is 0 Å². The van der Waals surface area contributed by atoms with Crippen LogP contribution in [0.25, 0.3) is 10.9 Å². The van der Waals surface area contributed by atoms with Gasteiger partial charge in [0.2, 0.25) is 5.95 Å². The van der Waals surface area contributed by atoms with E-state index >= 15 is 0 Å². The minimum atomic E-state index is 0.650. The highest BCUT2D eigenvalue weighted by Crippen LogP contribution is 2.29. The molecule has 0 amide bonds. The van der Waals surface area contributed by atoms with Gasteiger partial charge < -0.3 is 10.2 Å². The number of nitrogens with zero attached hydrogens (tertiary/aromatic N) is 3. The first-order valence-electron chi connectivity index (χ1n) is 8.96. The Bertz CT molecular complexity index is 882. The molecule has 3 aromatic rings. The fraction of sp³-hybridized carbons (Fsp3) is 0.333. The van der Waals surface area contributed by atoms with Gasteiger partial charge >= 0.3 is 0 Å². The summed E-state index contributed by atoms with van der Waals surface area (Å²) >= 11 is 0. The van der Waals surface area contributed by atoms with E-state index in [9.17, 15) is 0 Å². The van der Waals surface area contributed by atoms with Crippen molar-refractivity contribution in [2.45, 2.75) is 25.7 Å². The Morgan fingerprint density at radius 2 is 1.92 bits per heavy atom.